The number of hydrogen-bond acceptors (Lipinski definition) is 3. The Bertz CT molecular complexity index is 339. The van der Waals surface area contributed by atoms with Gasteiger partial charge in [-0.2, -0.15) is 0 Å². The van der Waals surface area contributed by atoms with Gasteiger partial charge in [0.15, 0.2) is 0 Å². The molecule has 0 saturated carbocycles. The summed E-state index contributed by atoms with van der Waals surface area (Å²) < 4.78 is 0. The maximum Gasteiger partial charge on any atom is 0.285 e. The highest BCUT2D eigenvalue weighted by Crippen LogP contribution is 2.16. The number of amides is 2. The van der Waals surface area contributed by atoms with Crippen LogP contribution in [0.2, 0.25) is 0 Å². The Morgan fingerprint density at radius 1 is 1.10 bits per heavy atom. The van der Waals surface area contributed by atoms with Gasteiger partial charge >= 0.3 is 0 Å². The van der Waals surface area contributed by atoms with Crippen molar-refractivity contribution in [3.05, 3.63) is 11.5 Å². The molecule has 5 heteroatoms. The molecule has 0 aromatic rings. The van der Waals surface area contributed by atoms with Crippen LogP contribution in [0.15, 0.2) is 11.5 Å². The molecular formula is C16H28N2O2S. The lowest BCUT2D eigenvalue weighted by Crippen LogP contribution is -2.23. The molecule has 0 aromatic carbocycles. The van der Waals surface area contributed by atoms with E-state index in [4.69, 9.17) is 0 Å². The molecule has 1 aliphatic rings. The fourth-order valence-electron chi connectivity index (χ4n) is 2.30. The van der Waals surface area contributed by atoms with Crippen molar-refractivity contribution in [2.75, 3.05) is 19.6 Å². The number of nitrogens with one attached hydrogen (secondary N) is 1. The van der Waals surface area contributed by atoms with Gasteiger partial charge in [0.1, 0.15) is 0 Å². The second-order valence-corrected chi connectivity index (χ2v) is 6.30. The summed E-state index contributed by atoms with van der Waals surface area (Å²) in [5.74, 6) is -0.106. The minimum Gasteiger partial charge on any atom is -0.353 e. The predicted molar refractivity (Wildman–Crippen MR) is 89.3 cm³/mol. The number of unbranched alkanes of at least 4 members (excludes halogenated alkanes) is 5. The highest BCUT2D eigenvalue weighted by Gasteiger charge is 2.16. The lowest BCUT2D eigenvalue weighted by Gasteiger charge is -2.12. The molecular weight excluding hydrogens is 284 g/mol. The quantitative estimate of drug-likeness (QED) is 0.518. The Balaban J connectivity index is 1.99. The Labute approximate surface area is 132 Å². The average Bonchev–Trinajstić information content (AvgIpc) is 3.00. The van der Waals surface area contributed by atoms with E-state index in [9.17, 15) is 9.59 Å². The molecule has 0 radical (unpaired) electrons. The van der Waals surface area contributed by atoms with E-state index >= 15 is 0 Å². The molecule has 0 unspecified atom stereocenters. The smallest absolute Gasteiger partial charge is 0.285 e. The molecule has 0 aromatic heterocycles. The Hall–Kier alpha value is -0.970. The van der Waals surface area contributed by atoms with Crippen LogP contribution in [0.1, 0.15) is 58.3 Å². The number of hydrogen-bond donors (Lipinski definition) is 1. The third-order valence-electron chi connectivity index (χ3n) is 3.58. The summed E-state index contributed by atoms with van der Waals surface area (Å²) in [5, 5.41) is 4.50. The Morgan fingerprint density at radius 3 is 2.48 bits per heavy atom. The van der Waals surface area contributed by atoms with Gasteiger partial charge in [-0.25, -0.2) is 0 Å². The molecule has 1 heterocycles. The first kappa shape index (κ1) is 18.1. The highest BCUT2D eigenvalue weighted by atomic mass is 32.2. The molecule has 1 rings (SSSR count). The molecule has 4 nitrogen and oxygen atoms in total. The molecule has 0 atom stereocenters. The van der Waals surface area contributed by atoms with Crippen LogP contribution in [-0.2, 0) is 4.79 Å². The summed E-state index contributed by atoms with van der Waals surface area (Å²) in [6.07, 6.45) is 10.9. The van der Waals surface area contributed by atoms with Crippen molar-refractivity contribution in [1.29, 1.82) is 0 Å². The molecule has 0 spiro atoms. The number of carbonyl (C=O) groups excluding carboxylic acids is 2. The van der Waals surface area contributed by atoms with Crippen LogP contribution in [0.4, 0.5) is 4.79 Å². The Morgan fingerprint density at radius 2 is 1.76 bits per heavy atom. The first-order chi connectivity index (χ1) is 10.2. The number of thioether (sulfide) groups is 1. The molecule has 1 aliphatic heterocycles. The van der Waals surface area contributed by atoms with E-state index < -0.39 is 0 Å². The first-order valence-corrected chi connectivity index (χ1v) is 9.02. The zero-order valence-electron chi connectivity index (χ0n) is 13.1. The molecule has 1 saturated heterocycles. The number of nitrogens with zero attached hydrogens (tertiary/aromatic N) is 1. The van der Waals surface area contributed by atoms with E-state index in [1.54, 1.807) is 5.41 Å². The minimum atomic E-state index is -0.106. The second-order valence-electron chi connectivity index (χ2n) is 5.44. The fourth-order valence-corrected chi connectivity index (χ4v) is 2.94. The lowest BCUT2D eigenvalue weighted by molar-refractivity contribution is -0.116. The van der Waals surface area contributed by atoms with E-state index in [-0.39, 0.29) is 11.1 Å². The minimum absolute atomic E-state index is 0.0486. The normalized spacial score (nSPS) is 14.8. The molecule has 2 amide bonds. The van der Waals surface area contributed by atoms with Crippen LogP contribution < -0.4 is 5.32 Å². The van der Waals surface area contributed by atoms with Crippen molar-refractivity contribution in [3.63, 3.8) is 0 Å². The second kappa shape index (κ2) is 11.7. The molecule has 0 bridgehead atoms. The van der Waals surface area contributed by atoms with Gasteiger partial charge in [-0.3, -0.25) is 9.59 Å². The van der Waals surface area contributed by atoms with Crippen LogP contribution in [0.5, 0.6) is 0 Å². The van der Waals surface area contributed by atoms with E-state index in [0.717, 1.165) is 50.7 Å². The summed E-state index contributed by atoms with van der Waals surface area (Å²) in [7, 11) is 0. The van der Waals surface area contributed by atoms with E-state index in [1.807, 2.05) is 4.90 Å². The zero-order valence-corrected chi connectivity index (χ0v) is 13.9. The van der Waals surface area contributed by atoms with Gasteiger partial charge in [-0.1, -0.05) is 39.0 Å². The van der Waals surface area contributed by atoms with Gasteiger partial charge in [0, 0.05) is 25.7 Å². The maximum absolute atomic E-state index is 11.7. The average molecular weight is 312 g/mol. The van der Waals surface area contributed by atoms with Crippen molar-refractivity contribution in [1.82, 2.24) is 10.2 Å². The topological polar surface area (TPSA) is 49.4 Å². The maximum atomic E-state index is 11.7. The van der Waals surface area contributed by atoms with Crippen LogP contribution >= 0.6 is 11.8 Å². The number of carbonyl (C=O) groups is 2. The van der Waals surface area contributed by atoms with E-state index in [0.29, 0.717) is 0 Å². The lowest BCUT2D eigenvalue weighted by atomic mass is 10.1. The van der Waals surface area contributed by atoms with Crippen LogP contribution in [-0.4, -0.2) is 35.7 Å². The van der Waals surface area contributed by atoms with Crippen molar-refractivity contribution in [3.8, 4) is 0 Å². The Kier molecular flexibility index (Phi) is 10.0. The summed E-state index contributed by atoms with van der Waals surface area (Å²) in [6, 6.07) is 0. The number of likely N-dealkylation sites (tertiary alicyclic amines) is 1. The van der Waals surface area contributed by atoms with Gasteiger partial charge in [0.2, 0.25) is 5.91 Å². The predicted octanol–water partition coefficient (Wildman–Crippen LogP) is 3.93. The van der Waals surface area contributed by atoms with Crippen LogP contribution in [0, 0.1) is 0 Å². The van der Waals surface area contributed by atoms with Crippen molar-refractivity contribution >= 4 is 22.9 Å². The van der Waals surface area contributed by atoms with Gasteiger partial charge in [0.05, 0.1) is 0 Å². The highest BCUT2D eigenvalue weighted by molar-refractivity contribution is 8.16. The van der Waals surface area contributed by atoms with E-state index in [2.05, 4.69) is 12.2 Å². The third kappa shape index (κ3) is 8.81. The van der Waals surface area contributed by atoms with Crippen molar-refractivity contribution in [2.24, 2.45) is 0 Å². The molecule has 0 aliphatic carbocycles. The van der Waals surface area contributed by atoms with Crippen molar-refractivity contribution < 1.29 is 9.59 Å². The summed E-state index contributed by atoms with van der Waals surface area (Å²) >= 11 is 1.10. The molecule has 1 fully saturated rings. The van der Waals surface area contributed by atoms with Gasteiger partial charge in [0.25, 0.3) is 5.24 Å². The standard InChI is InChI=1S/C16H28N2O2S/c1-2-3-4-5-6-7-11-17-15(19)10-14-21-16(20)18-12-8-9-13-18/h10,14H,2-9,11-13H2,1H3,(H,17,19)/b14-10-. The van der Waals surface area contributed by atoms with Crippen LogP contribution in [0.3, 0.4) is 0 Å². The largest absolute Gasteiger partial charge is 0.353 e. The molecule has 21 heavy (non-hydrogen) atoms. The number of rotatable bonds is 9. The summed E-state index contributed by atoms with van der Waals surface area (Å²) in [4.78, 5) is 25.1. The first-order valence-electron chi connectivity index (χ1n) is 8.14. The van der Waals surface area contributed by atoms with Gasteiger partial charge in [-0.05, 0) is 36.4 Å². The SMILES string of the molecule is CCCCCCCCNC(=O)/C=C\SC(=O)N1CCCC1. The monoisotopic (exact) mass is 312 g/mol. The van der Waals surface area contributed by atoms with E-state index in [1.165, 1.54) is 38.2 Å². The van der Waals surface area contributed by atoms with Gasteiger partial charge < -0.3 is 10.2 Å². The van der Waals surface area contributed by atoms with Gasteiger partial charge in [-0.15, -0.1) is 0 Å². The summed E-state index contributed by atoms with van der Waals surface area (Å²) in [6.45, 7) is 4.63. The summed E-state index contributed by atoms with van der Waals surface area (Å²) in [5.41, 5.74) is 0. The molecule has 1 N–H and O–H groups in total. The van der Waals surface area contributed by atoms with Crippen molar-refractivity contribution in [2.45, 2.75) is 58.3 Å². The fraction of sp³-hybridized carbons (Fsp3) is 0.750. The van der Waals surface area contributed by atoms with Crippen LogP contribution in [0.25, 0.3) is 0 Å². The molecule has 120 valence electrons. The third-order valence-corrected chi connectivity index (χ3v) is 4.31. The zero-order chi connectivity index (χ0) is 15.3.